The average Bonchev–Trinajstić information content (AvgIpc) is 3.20. The number of benzene rings is 2. The van der Waals surface area contributed by atoms with Crippen LogP contribution in [0.1, 0.15) is 55.7 Å². The second-order valence-electron chi connectivity index (χ2n) is 7.80. The fourth-order valence-corrected chi connectivity index (χ4v) is 4.81. The molecule has 0 unspecified atom stereocenters. The van der Waals surface area contributed by atoms with Crippen molar-refractivity contribution in [3.8, 4) is 11.5 Å². The van der Waals surface area contributed by atoms with Gasteiger partial charge < -0.3 is 9.47 Å². The molecule has 5 rings (SSSR count). The summed E-state index contributed by atoms with van der Waals surface area (Å²) in [5.41, 5.74) is 3.55. The number of ether oxygens (including phenoxy) is 2. The molecular formula is C23H26N2O2. The molecule has 2 aromatic rings. The van der Waals surface area contributed by atoms with Crippen LogP contribution in [-0.4, -0.2) is 24.1 Å². The summed E-state index contributed by atoms with van der Waals surface area (Å²) >= 11 is 0. The van der Waals surface area contributed by atoms with E-state index in [0.717, 1.165) is 23.6 Å². The third kappa shape index (κ3) is 2.88. The minimum Gasteiger partial charge on any atom is -0.493 e. The zero-order chi connectivity index (χ0) is 18.2. The van der Waals surface area contributed by atoms with Crippen molar-refractivity contribution in [1.82, 2.24) is 5.01 Å². The fraction of sp³-hybridized carbons (Fsp3) is 0.435. The van der Waals surface area contributed by atoms with Gasteiger partial charge in [0.05, 0.1) is 18.9 Å². The van der Waals surface area contributed by atoms with Crippen molar-refractivity contribution in [3.63, 3.8) is 0 Å². The number of methoxy groups -OCH3 is 1. The molecule has 1 aliphatic carbocycles. The summed E-state index contributed by atoms with van der Waals surface area (Å²) in [5.74, 6) is 2.28. The van der Waals surface area contributed by atoms with E-state index in [9.17, 15) is 0 Å². The summed E-state index contributed by atoms with van der Waals surface area (Å²) in [6, 6.07) is 17.0. The van der Waals surface area contributed by atoms with Crippen molar-refractivity contribution in [1.29, 1.82) is 0 Å². The highest BCUT2D eigenvalue weighted by Gasteiger charge is 2.44. The molecule has 2 aromatic carbocycles. The van der Waals surface area contributed by atoms with Gasteiger partial charge in [-0.25, -0.2) is 5.01 Å². The summed E-state index contributed by atoms with van der Waals surface area (Å²) in [7, 11) is 1.72. The highest BCUT2D eigenvalue weighted by atomic mass is 16.5. The second kappa shape index (κ2) is 6.91. The maximum atomic E-state index is 6.59. The quantitative estimate of drug-likeness (QED) is 0.758. The first-order valence-corrected chi connectivity index (χ1v) is 10.1. The Kier molecular flexibility index (Phi) is 4.27. The lowest BCUT2D eigenvalue weighted by atomic mass is 9.86. The normalized spacial score (nSPS) is 24.6. The van der Waals surface area contributed by atoms with Crippen molar-refractivity contribution >= 4 is 5.71 Å². The van der Waals surface area contributed by atoms with Gasteiger partial charge in [-0.1, -0.05) is 61.7 Å². The molecule has 1 saturated carbocycles. The second-order valence-corrected chi connectivity index (χ2v) is 7.80. The van der Waals surface area contributed by atoms with Crippen molar-refractivity contribution in [3.05, 3.63) is 59.7 Å². The van der Waals surface area contributed by atoms with Crippen LogP contribution in [0.3, 0.4) is 0 Å². The molecule has 0 bridgehead atoms. The number of hydrogen-bond donors (Lipinski definition) is 0. The number of nitrogens with zero attached hydrogens (tertiary/aromatic N) is 2. The van der Waals surface area contributed by atoms with Crippen LogP contribution < -0.4 is 9.47 Å². The Balaban J connectivity index is 1.56. The Labute approximate surface area is 160 Å². The first kappa shape index (κ1) is 16.7. The summed E-state index contributed by atoms with van der Waals surface area (Å²) in [5, 5.41) is 7.33. The molecule has 0 radical (unpaired) electrons. The minimum absolute atomic E-state index is 0.000289. The van der Waals surface area contributed by atoms with E-state index in [1.807, 2.05) is 6.07 Å². The van der Waals surface area contributed by atoms with E-state index in [-0.39, 0.29) is 12.3 Å². The zero-order valence-corrected chi connectivity index (χ0v) is 15.8. The number of fused-ring (bicyclic) bond motifs is 3. The molecule has 2 atom stereocenters. The Morgan fingerprint density at radius 3 is 2.59 bits per heavy atom. The van der Waals surface area contributed by atoms with Gasteiger partial charge in [-0.2, -0.15) is 5.10 Å². The standard InChI is InChI=1S/C23H26N2O2/c1-26-21-14-8-13-18-20-15-19(16-9-4-2-5-10-16)24-25(20)23(27-22(18)21)17-11-6-3-7-12-17/h2,4-5,8-10,13-14,17,20,23H,3,6-7,11-12,15H2,1H3/t20-,23-/m1/s1. The Hall–Kier alpha value is -2.49. The molecule has 4 heteroatoms. The summed E-state index contributed by atoms with van der Waals surface area (Å²) in [6.07, 6.45) is 7.26. The maximum absolute atomic E-state index is 6.59. The summed E-state index contributed by atoms with van der Waals surface area (Å²) in [4.78, 5) is 0. The van der Waals surface area contributed by atoms with Gasteiger partial charge in [0, 0.05) is 17.9 Å². The number of hydrazone groups is 1. The SMILES string of the molecule is COc1cccc2c1O[C@H](C1CCCCC1)N1N=C(c3ccccc3)C[C@H]21. The number of hydrogen-bond acceptors (Lipinski definition) is 4. The predicted octanol–water partition coefficient (Wildman–Crippen LogP) is 5.15. The lowest BCUT2D eigenvalue weighted by Crippen LogP contribution is -2.46. The monoisotopic (exact) mass is 362 g/mol. The largest absolute Gasteiger partial charge is 0.493 e. The van der Waals surface area contributed by atoms with Crippen LogP contribution in [0.25, 0.3) is 0 Å². The van der Waals surface area contributed by atoms with Gasteiger partial charge in [0.1, 0.15) is 0 Å². The van der Waals surface area contributed by atoms with Crippen LogP contribution in [0.2, 0.25) is 0 Å². The molecule has 2 aliphatic heterocycles. The van der Waals surface area contributed by atoms with E-state index in [4.69, 9.17) is 14.6 Å². The van der Waals surface area contributed by atoms with Crippen molar-refractivity contribution in [2.75, 3.05) is 7.11 Å². The van der Waals surface area contributed by atoms with E-state index in [0.29, 0.717) is 5.92 Å². The van der Waals surface area contributed by atoms with E-state index < -0.39 is 0 Å². The molecule has 0 spiro atoms. The Morgan fingerprint density at radius 2 is 1.81 bits per heavy atom. The first-order chi connectivity index (χ1) is 13.3. The minimum atomic E-state index is 0.000289. The van der Waals surface area contributed by atoms with E-state index in [1.54, 1.807) is 7.11 Å². The molecular weight excluding hydrogens is 336 g/mol. The van der Waals surface area contributed by atoms with Gasteiger partial charge in [-0.05, 0) is 24.5 Å². The molecule has 0 saturated heterocycles. The van der Waals surface area contributed by atoms with Crippen molar-refractivity contribution < 1.29 is 9.47 Å². The van der Waals surface area contributed by atoms with Gasteiger partial charge in [-0.15, -0.1) is 0 Å². The van der Waals surface area contributed by atoms with Gasteiger partial charge in [0.15, 0.2) is 17.7 Å². The van der Waals surface area contributed by atoms with Crippen LogP contribution in [0.15, 0.2) is 53.6 Å². The molecule has 2 heterocycles. The summed E-state index contributed by atoms with van der Waals surface area (Å²) < 4.78 is 12.2. The van der Waals surface area contributed by atoms with Crippen molar-refractivity contribution in [2.24, 2.45) is 11.0 Å². The van der Waals surface area contributed by atoms with Crippen LogP contribution in [0.4, 0.5) is 0 Å². The lowest BCUT2D eigenvalue weighted by molar-refractivity contribution is -0.0656. The topological polar surface area (TPSA) is 34.1 Å². The van der Waals surface area contributed by atoms with Gasteiger partial charge in [-0.3, -0.25) is 0 Å². The third-order valence-corrected chi connectivity index (χ3v) is 6.19. The van der Waals surface area contributed by atoms with Gasteiger partial charge in [0.2, 0.25) is 0 Å². The van der Waals surface area contributed by atoms with E-state index in [1.165, 1.54) is 43.2 Å². The molecule has 27 heavy (non-hydrogen) atoms. The van der Waals surface area contributed by atoms with Crippen LogP contribution in [0, 0.1) is 5.92 Å². The molecule has 0 amide bonds. The number of rotatable bonds is 3. The molecule has 3 aliphatic rings. The smallest absolute Gasteiger partial charge is 0.190 e. The predicted molar refractivity (Wildman–Crippen MR) is 106 cm³/mol. The van der Waals surface area contributed by atoms with Crippen LogP contribution >= 0.6 is 0 Å². The molecule has 0 aromatic heterocycles. The van der Waals surface area contributed by atoms with Gasteiger partial charge in [0.25, 0.3) is 0 Å². The molecule has 1 fully saturated rings. The summed E-state index contributed by atoms with van der Waals surface area (Å²) in [6.45, 7) is 0. The molecule has 4 nitrogen and oxygen atoms in total. The van der Waals surface area contributed by atoms with Crippen LogP contribution in [0.5, 0.6) is 11.5 Å². The first-order valence-electron chi connectivity index (χ1n) is 10.1. The fourth-order valence-electron chi connectivity index (χ4n) is 4.81. The molecule has 0 N–H and O–H groups in total. The highest BCUT2D eigenvalue weighted by Crippen LogP contribution is 2.49. The lowest BCUT2D eigenvalue weighted by Gasteiger charge is -2.43. The van der Waals surface area contributed by atoms with Gasteiger partial charge >= 0.3 is 0 Å². The zero-order valence-electron chi connectivity index (χ0n) is 15.8. The van der Waals surface area contributed by atoms with Crippen molar-refractivity contribution in [2.45, 2.75) is 50.8 Å². The Bertz CT molecular complexity index is 843. The average molecular weight is 362 g/mol. The Morgan fingerprint density at radius 1 is 1.00 bits per heavy atom. The number of para-hydroxylation sites is 1. The van der Waals surface area contributed by atoms with E-state index in [2.05, 4.69) is 47.5 Å². The van der Waals surface area contributed by atoms with Crippen LogP contribution in [-0.2, 0) is 0 Å². The van der Waals surface area contributed by atoms with E-state index >= 15 is 0 Å². The molecule has 140 valence electrons. The maximum Gasteiger partial charge on any atom is 0.190 e. The highest BCUT2D eigenvalue weighted by molar-refractivity contribution is 6.01. The third-order valence-electron chi connectivity index (χ3n) is 6.19.